The van der Waals surface area contributed by atoms with Crippen LogP contribution in [0.1, 0.15) is 16.7 Å². The van der Waals surface area contributed by atoms with Crippen LogP contribution in [-0.2, 0) is 5.75 Å². The van der Waals surface area contributed by atoms with Crippen LogP contribution in [-0.4, -0.2) is 5.84 Å². The minimum Gasteiger partial charge on any atom is -0.384 e. The number of nitrogen functional groups attached to an aromatic ring is 1. The zero-order valence-electron chi connectivity index (χ0n) is 10.3. The molecule has 18 heavy (non-hydrogen) atoms. The molecule has 0 unspecified atom stereocenters. The van der Waals surface area contributed by atoms with Gasteiger partial charge in [-0.05, 0) is 24.1 Å². The van der Waals surface area contributed by atoms with Crippen LogP contribution in [0, 0.1) is 12.3 Å². The van der Waals surface area contributed by atoms with Gasteiger partial charge < -0.3 is 5.73 Å². The fraction of sp³-hybridized carbons (Fsp3) is 0.133. The van der Waals surface area contributed by atoms with E-state index in [2.05, 4.69) is 25.1 Å². The van der Waals surface area contributed by atoms with Crippen molar-refractivity contribution < 1.29 is 0 Å². The molecule has 0 heterocycles. The van der Waals surface area contributed by atoms with Crippen molar-refractivity contribution in [2.45, 2.75) is 17.6 Å². The lowest BCUT2D eigenvalue weighted by Crippen LogP contribution is -2.12. The first kappa shape index (κ1) is 12.7. The van der Waals surface area contributed by atoms with Crippen LogP contribution < -0.4 is 5.73 Å². The molecule has 2 aromatic rings. The van der Waals surface area contributed by atoms with E-state index in [0.717, 1.165) is 16.2 Å². The quantitative estimate of drug-likeness (QED) is 0.499. The van der Waals surface area contributed by atoms with Crippen LogP contribution in [0.5, 0.6) is 0 Å². The van der Waals surface area contributed by atoms with Crippen LogP contribution in [0.3, 0.4) is 0 Å². The second-order valence-electron chi connectivity index (χ2n) is 4.12. The van der Waals surface area contributed by atoms with E-state index < -0.39 is 0 Å². The molecule has 0 spiro atoms. The molecule has 0 aliphatic carbocycles. The van der Waals surface area contributed by atoms with Gasteiger partial charge in [0.1, 0.15) is 5.84 Å². The Morgan fingerprint density at radius 3 is 2.50 bits per heavy atom. The SMILES string of the molecule is Cc1ccccc1CSc1ccccc1C(=N)N. The molecule has 0 radical (unpaired) electrons. The van der Waals surface area contributed by atoms with Crippen molar-refractivity contribution in [3.05, 3.63) is 65.2 Å². The minimum atomic E-state index is 0.128. The van der Waals surface area contributed by atoms with Crippen molar-refractivity contribution in [1.82, 2.24) is 0 Å². The van der Waals surface area contributed by atoms with Gasteiger partial charge in [-0.15, -0.1) is 11.8 Å². The van der Waals surface area contributed by atoms with Gasteiger partial charge in [0, 0.05) is 16.2 Å². The number of nitrogens with two attached hydrogens (primary N) is 1. The molecule has 0 fully saturated rings. The van der Waals surface area contributed by atoms with Gasteiger partial charge in [0.2, 0.25) is 0 Å². The minimum absolute atomic E-state index is 0.128. The highest BCUT2D eigenvalue weighted by Crippen LogP contribution is 2.27. The first-order chi connectivity index (χ1) is 8.68. The molecule has 3 heteroatoms. The largest absolute Gasteiger partial charge is 0.384 e. The smallest absolute Gasteiger partial charge is 0.123 e. The highest BCUT2D eigenvalue weighted by molar-refractivity contribution is 7.98. The van der Waals surface area contributed by atoms with Gasteiger partial charge in [0.15, 0.2) is 0 Å². The third-order valence-corrected chi connectivity index (χ3v) is 3.94. The summed E-state index contributed by atoms with van der Waals surface area (Å²) in [6.07, 6.45) is 0. The Labute approximate surface area is 112 Å². The van der Waals surface area contributed by atoms with Gasteiger partial charge >= 0.3 is 0 Å². The van der Waals surface area contributed by atoms with Gasteiger partial charge in [-0.25, -0.2) is 0 Å². The predicted octanol–water partition coefficient (Wildman–Crippen LogP) is 3.57. The van der Waals surface area contributed by atoms with Crippen molar-refractivity contribution in [2.24, 2.45) is 5.73 Å². The molecule has 0 aliphatic rings. The number of thioether (sulfide) groups is 1. The lowest BCUT2D eigenvalue weighted by Gasteiger charge is -2.09. The van der Waals surface area contributed by atoms with Gasteiger partial charge in [-0.1, -0.05) is 42.5 Å². The number of amidine groups is 1. The number of benzene rings is 2. The first-order valence-corrected chi connectivity index (χ1v) is 6.78. The lowest BCUT2D eigenvalue weighted by molar-refractivity contribution is 1.29. The molecule has 2 aromatic carbocycles. The van der Waals surface area contributed by atoms with Crippen LogP contribution in [0.4, 0.5) is 0 Å². The Morgan fingerprint density at radius 1 is 1.11 bits per heavy atom. The van der Waals surface area contributed by atoms with E-state index in [-0.39, 0.29) is 5.84 Å². The van der Waals surface area contributed by atoms with Crippen LogP contribution in [0.2, 0.25) is 0 Å². The summed E-state index contributed by atoms with van der Waals surface area (Å²) in [5, 5.41) is 7.57. The maximum atomic E-state index is 7.57. The molecule has 0 amide bonds. The number of nitrogens with one attached hydrogen (secondary N) is 1. The van der Waals surface area contributed by atoms with Gasteiger partial charge in [0.05, 0.1) is 0 Å². The van der Waals surface area contributed by atoms with E-state index in [1.165, 1.54) is 11.1 Å². The normalized spacial score (nSPS) is 10.3. The monoisotopic (exact) mass is 256 g/mol. The van der Waals surface area contributed by atoms with Crippen LogP contribution in [0.15, 0.2) is 53.4 Å². The predicted molar refractivity (Wildman–Crippen MR) is 78.2 cm³/mol. The molecule has 0 saturated carbocycles. The third-order valence-electron chi connectivity index (χ3n) is 2.82. The molecule has 0 aromatic heterocycles. The molecule has 0 bridgehead atoms. The summed E-state index contributed by atoms with van der Waals surface area (Å²) in [4.78, 5) is 1.06. The van der Waals surface area contributed by atoms with Crippen molar-refractivity contribution in [3.8, 4) is 0 Å². The average Bonchev–Trinajstić information content (AvgIpc) is 2.38. The lowest BCUT2D eigenvalue weighted by atomic mass is 10.1. The second kappa shape index (κ2) is 5.74. The fourth-order valence-corrected chi connectivity index (χ4v) is 2.89. The molecule has 92 valence electrons. The van der Waals surface area contributed by atoms with Gasteiger partial charge in [0.25, 0.3) is 0 Å². The van der Waals surface area contributed by atoms with E-state index in [1.807, 2.05) is 30.3 Å². The van der Waals surface area contributed by atoms with Crippen molar-refractivity contribution in [3.63, 3.8) is 0 Å². The molecule has 0 aliphatic heterocycles. The highest BCUT2D eigenvalue weighted by atomic mass is 32.2. The van der Waals surface area contributed by atoms with Crippen LogP contribution in [0.25, 0.3) is 0 Å². The van der Waals surface area contributed by atoms with Crippen molar-refractivity contribution in [2.75, 3.05) is 0 Å². The molecule has 2 rings (SSSR count). The number of hydrogen-bond acceptors (Lipinski definition) is 2. The number of hydrogen-bond donors (Lipinski definition) is 2. The van der Waals surface area contributed by atoms with E-state index in [1.54, 1.807) is 11.8 Å². The topological polar surface area (TPSA) is 49.9 Å². The Hall–Kier alpha value is -1.74. The summed E-state index contributed by atoms with van der Waals surface area (Å²) in [6.45, 7) is 2.12. The summed E-state index contributed by atoms with van der Waals surface area (Å²) >= 11 is 1.72. The van der Waals surface area contributed by atoms with Crippen molar-refractivity contribution >= 4 is 17.6 Å². The zero-order valence-corrected chi connectivity index (χ0v) is 11.1. The van der Waals surface area contributed by atoms with E-state index in [4.69, 9.17) is 11.1 Å². The summed E-state index contributed by atoms with van der Waals surface area (Å²) in [6, 6.07) is 16.2. The van der Waals surface area contributed by atoms with E-state index in [9.17, 15) is 0 Å². The standard InChI is InChI=1S/C15H16N2S/c1-11-6-2-3-7-12(11)10-18-14-9-5-4-8-13(14)15(16)17/h2-9H,10H2,1H3,(H3,16,17). The molecular weight excluding hydrogens is 240 g/mol. The summed E-state index contributed by atoms with van der Waals surface area (Å²) in [5.41, 5.74) is 9.02. The van der Waals surface area contributed by atoms with Crippen molar-refractivity contribution in [1.29, 1.82) is 5.41 Å². The summed E-state index contributed by atoms with van der Waals surface area (Å²) in [7, 11) is 0. The van der Waals surface area contributed by atoms with Gasteiger partial charge in [-0.2, -0.15) is 0 Å². The third kappa shape index (κ3) is 2.93. The molecular formula is C15H16N2S. The summed E-state index contributed by atoms with van der Waals surface area (Å²) in [5.74, 6) is 1.03. The Morgan fingerprint density at radius 2 is 1.78 bits per heavy atom. The molecule has 2 nitrogen and oxygen atoms in total. The highest BCUT2D eigenvalue weighted by Gasteiger charge is 2.06. The maximum absolute atomic E-state index is 7.57. The summed E-state index contributed by atoms with van der Waals surface area (Å²) < 4.78 is 0. The fourth-order valence-electron chi connectivity index (χ4n) is 1.74. The maximum Gasteiger partial charge on any atom is 0.123 e. The average molecular weight is 256 g/mol. The van der Waals surface area contributed by atoms with Gasteiger partial charge in [-0.3, -0.25) is 5.41 Å². The second-order valence-corrected chi connectivity index (χ2v) is 5.14. The zero-order chi connectivity index (χ0) is 13.0. The Kier molecular flexibility index (Phi) is 4.05. The first-order valence-electron chi connectivity index (χ1n) is 5.79. The van der Waals surface area contributed by atoms with Crippen LogP contribution >= 0.6 is 11.8 Å². The van der Waals surface area contributed by atoms with E-state index in [0.29, 0.717) is 0 Å². The Balaban J connectivity index is 2.16. The number of aryl methyl sites for hydroxylation is 1. The molecule has 0 atom stereocenters. The molecule has 3 N–H and O–H groups in total. The number of rotatable bonds is 4. The molecule has 0 saturated heterocycles. The Bertz CT molecular complexity index is 564. The van der Waals surface area contributed by atoms with E-state index >= 15 is 0 Å².